The summed E-state index contributed by atoms with van der Waals surface area (Å²) in [6, 6.07) is 16.9. The van der Waals surface area contributed by atoms with Crippen LogP contribution in [0.5, 0.6) is 0 Å². The zero-order valence-corrected chi connectivity index (χ0v) is 15.4. The molecule has 0 fully saturated rings. The Kier molecular flexibility index (Phi) is 4.90. The number of carbonyl (C=O) groups excluding carboxylic acids is 2. The maximum absolute atomic E-state index is 12.5. The number of furan rings is 1. The quantitative estimate of drug-likeness (QED) is 0.540. The Morgan fingerprint density at radius 3 is 2.28 bits per heavy atom. The molecule has 0 aliphatic heterocycles. The third kappa shape index (κ3) is 3.91. The fourth-order valence-electron chi connectivity index (χ4n) is 2.69. The smallest absolute Gasteiger partial charge is 0.283 e. The first-order valence-electron chi connectivity index (χ1n) is 8.75. The fraction of sp³-hybridized carbons (Fsp3) is 0.0476. The lowest BCUT2D eigenvalue weighted by atomic mass is 10.1. The summed E-state index contributed by atoms with van der Waals surface area (Å²) >= 11 is 0. The van der Waals surface area contributed by atoms with Gasteiger partial charge in [-0.15, -0.1) is 10.2 Å². The van der Waals surface area contributed by atoms with Crippen LogP contribution in [0.4, 0.5) is 5.69 Å². The Hall–Kier alpha value is -4.20. The number of nitrogens with one attached hydrogen (secondary N) is 2. The normalized spacial score (nSPS) is 10.5. The second-order valence-electron chi connectivity index (χ2n) is 6.08. The summed E-state index contributed by atoms with van der Waals surface area (Å²) in [5.74, 6) is 0.553. The highest BCUT2D eigenvalue weighted by molar-refractivity contribution is 6.05. The van der Waals surface area contributed by atoms with E-state index in [9.17, 15) is 9.59 Å². The van der Waals surface area contributed by atoms with E-state index in [1.165, 1.54) is 6.26 Å². The van der Waals surface area contributed by atoms with Crippen molar-refractivity contribution in [2.24, 2.45) is 0 Å². The largest absolute Gasteiger partial charge is 0.459 e. The van der Waals surface area contributed by atoms with Crippen LogP contribution in [0.3, 0.4) is 0 Å². The van der Waals surface area contributed by atoms with Gasteiger partial charge in [0.2, 0.25) is 5.89 Å². The minimum atomic E-state index is -0.299. The molecule has 2 aromatic carbocycles. The van der Waals surface area contributed by atoms with Gasteiger partial charge in [-0.25, -0.2) is 0 Å². The Bertz CT molecular complexity index is 1150. The Morgan fingerprint density at radius 1 is 0.862 bits per heavy atom. The van der Waals surface area contributed by atoms with E-state index >= 15 is 0 Å². The molecule has 0 radical (unpaired) electrons. The first-order valence-corrected chi connectivity index (χ1v) is 8.75. The molecule has 0 saturated heterocycles. The number of hydrogen-bond donors (Lipinski definition) is 2. The van der Waals surface area contributed by atoms with Crippen LogP contribution in [0.1, 0.15) is 20.7 Å². The molecule has 0 spiro atoms. The van der Waals surface area contributed by atoms with Crippen LogP contribution in [0.15, 0.2) is 75.8 Å². The van der Waals surface area contributed by atoms with E-state index < -0.39 is 0 Å². The van der Waals surface area contributed by atoms with Crippen LogP contribution in [-0.4, -0.2) is 29.1 Å². The molecule has 2 heterocycles. The Labute approximate surface area is 165 Å². The summed E-state index contributed by atoms with van der Waals surface area (Å²) in [6.07, 6.45) is 1.52. The zero-order valence-electron chi connectivity index (χ0n) is 15.4. The molecule has 0 saturated carbocycles. The van der Waals surface area contributed by atoms with Gasteiger partial charge in [0.25, 0.3) is 17.7 Å². The average molecular weight is 388 g/mol. The van der Waals surface area contributed by atoms with Crippen molar-refractivity contribution in [2.45, 2.75) is 0 Å². The van der Waals surface area contributed by atoms with Gasteiger partial charge in [0.05, 0.1) is 6.26 Å². The van der Waals surface area contributed by atoms with Crippen molar-refractivity contribution in [3.8, 4) is 23.1 Å². The number of amides is 2. The lowest BCUT2D eigenvalue weighted by Gasteiger charge is -2.07. The third-order valence-corrected chi connectivity index (χ3v) is 4.16. The Balaban J connectivity index is 1.50. The van der Waals surface area contributed by atoms with Crippen LogP contribution in [0, 0.1) is 0 Å². The van der Waals surface area contributed by atoms with Gasteiger partial charge < -0.3 is 19.5 Å². The van der Waals surface area contributed by atoms with Crippen molar-refractivity contribution in [1.82, 2.24) is 15.5 Å². The SMILES string of the molecule is CNC(=O)c1ccc(C(=O)Nc2cccc(-c3nnc(-c4ccco4)o3)c2)cc1. The van der Waals surface area contributed by atoms with Crippen LogP contribution in [0.25, 0.3) is 23.1 Å². The van der Waals surface area contributed by atoms with Gasteiger partial charge in [0.1, 0.15) is 0 Å². The third-order valence-electron chi connectivity index (χ3n) is 4.16. The standard InChI is InChI=1S/C21H16N4O4/c1-22-18(26)13-7-9-14(10-8-13)19(27)23-16-5-2-4-15(12-16)20-24-25-21(29-20)17-6-3-11-28-17/h2-12H,1H3,(H,22,26)(H,23,27). The van der Waals surface area contributed by atoms with E-state index in [4.69, 9.17) is 8.83 Å². The summed E-state index contributed by atoms with van der Waals surface area (Å²) in [4.78, 5) is 24.1. The molecule has 0 unspecified atom stereocenters. The molecule has 0 bridgehead atoms. The fourth-order valence-corrected chi connectivity index (χ4v) is 2.69. The topological polar surface area (TPSA) is 110 Å². The molecule has 8 heteroatoms. The second kappa shape index (κ2) is 7.81. The van der Waals surface area contributed by atoms with E-state index in [1.54, 1.807) is 67.7 Å². The van der Waals surface area contributed by atoms with E-state index in [2.05, 4.69) is 20.8 Å². The first kappa shape index (κ1) is 18.2. The molecule has 2 N–H and O–H groups in total. The highest BCUT2D eigenvalue weighted by Gasteiger charge is 2.14. The maximum atomic E-state index is 12.5. The van der Waals surface area contributed by atoms with E-state index in [-0.39, 0.29) is 17.7 Å². The molecular formula is C21H16N4O4. The summed E-state index contributed by atoms with van der Waals surface area (Å²) in [6.45, 7) is 0. The lowest BCUT2D eigenvalue weighted by molar-refractivity contribution is 0.0961. The van der Waals surface area contributed by atoms with Crippen LogP contribution in [0.2, 0.25) is 0 Å². The molecular weight excluding hydrogens is 372 g/mol. The van der Waals surface area contributed by atoms with Gasteiger partial charge in [-0.2, -0.15) is 0 Å². The van der Waals surface area contributed by atoms with E-state index in [0.717, 1.165) is 0 Å². The van der Waals surface area contributed by atoms with E-state index in [0.29, 0.717) is 34.0 Å². The van der Waals surface area contributed by atoms with Crippen molar-refractivity contribution in [3.05, 3.63) is 78.1 Å². The molecule has 4 rings (SSSR count). The number of benzene rings is 2. The Morgan fingerprint density at radius 2 is 1.59 bits per heavy atom. The number of aromatic nitrogens is 2. The molecule has 2 aromatic heterocycles. The summed E-state index contributed by atoms with van der Waals surface area (Å²) in [7, 11) is 1.55. The molecule has 2 amide bonds. The number of hydrogen-bond acceptors (Lipinski definition) is 6. The number of anilines is 1. The van der Waals surface area contributed by atoms with Crippen molar-refractivity contribution in [2.75, 3.05) is 12.4 Å². The average Bonchev–Trinajstić information content (AvgIpc) is 3.45. The number of carbonyl (C=O) groups is 2. The monoisotopic (exact) mass is 388 g/mol. The van der Waals surface area contributed by atoms with Gasteiger partial charge in [0.15, 0.2) is 5.76 Å². The maximum Gasteiger partial charge on any atom is 0.283 e. The lowest BCUT2D eigenvalue weighted by Crippen LogP contribution is -2.18. The summed E-state index contributed by atoms with van der Waals surface area (Å²) in [5, 5.41) is 13.4. The van der Waals surface area contributed by atoms with Gasteiger partial charge in [-0.3, -0.25) is 9.59 Å². The van der Waals surface area contributed by atoms with Gasteiger partial charge in [0, 0.05) is 29.4 Å². The van der Waals surface area contributed by atoms with Crippen molar-refractivity contribution in [1.29, 1.82) is 0 Å². The highest BCUT2D eigenvalue weighted by Crippen LogP contribution is 2.26. The van der Waals surface area contributed by atoms with Gasteiger partial charge >= 0.3 is 0 Å². The van der Waals surface area contributed by atoms with Crippen LogP contribution in [-0.2, 0) is 0 Å². The summed E-state index contributed by atoms with van der Waals surface area (Å²) < 4.78 is 10.9. The van der Waals surface area contributed by atoms with Crippen molar-refractivity contribution in [3.63, 3.8) is 0 Å². The molecule has 0 aliphatic carbocycles. The zero-order chi connectivity index (χ0) is 20.2. The molecule has 8 nitrogen and oxygen atoms in total. The van der Waals surface area contributed by atoms with Gasteiger partial charge in [-0.05, 0) is 54.6 Å². The molecule has 4 aromatic rings. The summed E-state index contributed by atoms with van der Waals surface area (Å²) in [5.41, 5.74) is 2.14. The highest BCUT2D eigenvalue weighted by atomic mass is 16.4. The predicted octanol–water partition coefficient (Wildman–Crippen LogP) is 3.61. The van der Waals surface area contributed by atoms with Crippen LogP contribution < -0.4 is 10.6 Å². The predicted molar refractivity (Wildman–Crippen MR) is 105 cm³/mol. The van der Waals surface area contributed by atoms with Crippen molar-refractivity contribution < 1.29 is 18.4 Å². The molecule has 0 aliphatic rings. The van der Waals surface area contributed by atoms with E-state index in [1.807, 2.05) is 0 Å². The first-order chi connectivity index (χ1) is 14.1. The van der Waals surface area contributed by atoms with Gasteiger partial charge in [-0.1, -0.05) is 6.07 Å². The van der Waals surface area contributed by atoms with Crippen LogP contribution >= 0.6 is 0 Å². The number of nitrogens with zero attached hydrogens (tertiary/aromatic N) is 2. The second-order valence-corrected chi connectivity index (χ2v) is 6.08. The van der Waals surface area contributed by atoms with Crippen molar-refractivity contribution >= 4 is 17.5 Å². The minimum Gasteiger partial charge on any atom is -0.459 e. The number of rotatable bonds is 5. The molecule has 0 atom stereocenters. The molecule has 29 heavy (non-hydrogen) atoms. The molecule has 144 valence electrons. The minimum absolute atomic E-state index is 0.210.